The van der Waals surface area contributed by atoms with E-state index in [1.165, 1.54) is 62.5 Å². The normalized spacial score (nSPS) is 19.8. The molecule has 0 saturated heterocycles. The van der Waals surface area contributed by atoms with Crippen LogP contribution in [0.2, 0.25) is 0 Å². The fraction of sp³-hybridized carbons (Fsp3) is 0.667. The van der Waals surface area contributed by atoms with Gasteiger partial charge in [-0.05, 0) is 46.5 Å². The van der Waals surface area contributed by atoms with Gasteiger partial charge in [0, 0.05) is 6.54 Å². The number of rotatable bonds is 18. The number of carboxylic acid groups (broad SMARTS) is 1. The van der Waals surface area contributed by atoms with Gasteiger partial charge in [0.25, 0.3) is 0 Å². The van der Waals surface area contributed by atoms with Crippen LogP contribution >= 0.6 is 0 Å². The predicted octanol–water partition coefficient (Wildman–Crippen LogP) is 7.92. The molecule has 0 bridgehead atoms. The predicted molar refractivity (Wildman–Crippen MR) is 144 cm³/mol. The maximum atomic E-state index is 13.3. The van der Waals surface area contributed by atoms with Gasteiger partial charge in [0.2, 0.25) is 5.91 Å². The summed E-state index contributed by atoms with van der Waals surface area (Å²) in [4.78, 5) is 25.3. The van der Waals surface area contributed by atoms with Crippen LogP contribution in [0.3, 0.4) is 0 Å². The summed E-state index contributed by atoms with van der Waals surface area (Å²) >= 11 is 0. The van der Waals surface area contributed by atoms with Gasteiger partial charge in [-0.1, -0.05) is 112 Å². The summed E-state index contributed by atoms with van der Waals surface area (Å²) in [5, 5.41) is 12.9. The minimum atomic E-state index is -1.07. The second kappa shape index (κ2) is 17.4. The summed E-state index contributed by atoms with van der Waals surface area (Å²) in [7, 11) is 0. The molecule has 0 spiro atoms. The molecule has 1 aliphatic rings. The largest absolute Gasteiger partial charge is 0.481 e. The molecule has 1 aliphatic carbocycles. The van der Waals surface area contributed by atoms with E-state index in [-0.39, 0.29) is 5.91 Å². The van der Waals surface area contributed by atoms with Gasteiger partial charge in [0.1, 0.15) is 0 Å². The van der Waals surface area contributed by atoms with E-state index in [4.69, 9.17) is 0 Å². The number of allylic oxidation sites excluding steroid dienone is 6. The van der Waals surface area contributed by atoms with Crippen molar-refractivity contribution in [3.63, 3.8) is 0 Å². The van der Waals surface area contributed by atoms with Crippen LogP contribution in [0.4, 0.5) is 0 Å². The van der Waals surface area contributed by atoms with E-state index in [1.54, 1.807) is 18.2 Å². The van der Waals surface area contributed by atoms with Crippen LogP contribution in [-0.2, 0) is 9.59 Å². The lowest BCUT2D eigenvalue weighted by molar-refractivity contribution is -0.148. The lowest BCUT2D eigenvalue weighted by atomic mass is 9.69. The van der Waals surface area contributed by atoms with Gasteiger partial charge >= 0.3 is 5.97 Å². The van der Waals surface area contributed by atoms with E-state index >= 15 is 0 Å². The Morgan fingerprint density at radius 2 is 1.53 bits per heavy atom. The number of amides is 1. The molecule has 2 unspecified atom stereocenters. The molecule has 0 radical (unpaired) electrons. The summed E-state index contributed by atoms with van der Waals surface area (Å²) in [5.41, 5.74) is 1.41. The molecule has 34 heavy (non-hydrogen) atoms. The molecule has 0 fully saturated rings. The van der Waals surface area contributed by atoms with Crippen LogP contribution in [-0.4, -0.2) is 23.5 Å². The highest BCUT2D eigenvalue weighted by Crippen LogP contribution is 2.39. The Labute approximate surface area is 208 Å². The van der Waals surface area contributed by atoms with Crippen molar-refractivity contribution in [3.8, 4) is 0 Å². The molecule has 0 heterocycles. The van der Waals surface area contributed by atoms with Crippen LogP contribution in [0.25, 0.3) is 0 Å². The minimum Gasteiger partial charge on any atom is -0.481 e. The Morgan fingerprint density at radius 3 is 2.12 bits per heavy atom. The number of hydrogen-bond donors (Lipinski definition) is 2. The molecule has 2 N–H and O–H groups in total. The number of unbranched alkanes of at least 4 members (excludes halogenated alkanes) is 9. The summed E-state index contributed by atoms with van der Waals surface area (Å²) in [5.74, 6) is -1.98. The zero-order chi connectivity index (χ0) is 25.2. The third-order valence-electron chi connectivity index (χ3n) is 6.75. The van der Waals surface area contributed by atoms with Crippen LogP contribution in [0, 0.1) is 11.3 Å². The second-order valence-electron chi connectivity index (χ2n) is 10.1. The van der Waals surface area contributed by atoms with Crippen molar-refractivity contribution < 1.29 is 14.7 Å². The molecule has 1 rings (SSSR count). The topological polar surface area (TPSA) is 66.4 Å². The molecule has 1 amide bonds. The maximum Gasteiger partial charge on any atom is 0.311 e. The number of carbonyl (C=O) groups excluding carboxylic acids is 1. The van der Waals surface area contributed by atoms with Crippen molar-refractivity contribution in [2.45, 2.75) is 111 Å². The van der Waals surface area contributed by atoms with E-state index in [1.807, 2.05) is 6.08 Å². The van der Waals surface area contributed by atoms with E-state index in [0.717, 1.165) is 25.7 Å². The smallest absolute Gasteiger partial charge is 0.311 e. The Morgan fingerprint density at radius 1 is 0.912 bits per heavy atom. The standard InChI is InChI=1S/C30H49NO3/c1-5-6-7-8-9-10-11-12-13-16-24-31-29(34)30(22-15-14-20-27(30)28(32)33)23-21-26(4)19-17-18-25(2)3/h14-15,18,20-22,27H,5-13,16-17,19,23-24H2,1-4H3,(H,31,34)(H,32,33)/b26-21+. The van der Waals surface area contributed by atoms with Crippen LogP contribution < -0.4 is 5.32 Å². The van der Waals surface area contributed by atoms with Gasteiger partial charge in [-0.25, -0.2) is 0 Å². The monoisotopic (exact) mass is 471 g/mol. The zero-order valence-corrected chi connectivity index (χ0v) is 22.2. The fourth-order valence-electron chi connectivity index (χ4n) is 4.50. The summed E-state index contributed by atoms with van der Waals surface area (Å²) in [6.45, 7) is 9.08. The molecule has 192 valence electrons. The van der Waals surface area contributed by atoms with Crippen molar-refractivity contribution >= 4 is 11.9 Å². The first kappa shape index (κ1) is 29.9. The van der Waals surface area contributed by atoms with E-state index < -0.39 is 17.3 Å². The van der Waals surface area contributed by atoms with Crippen molar-refractivity contribution in [2.24, 2.45) is 11.3 Å². The van der Waals surface area contributed by atoms with E-state index in [0.29, 0.717) is 13.0 Å². The quantitative estimate of drug-likeness (QED) is 0.158. The van der Waals surface area contributed by atoms with Crippen LogP contribution in [0.1, 0.15) is 111 Å². The first-order chi connectivity index (χ1) is 16.3. The first-order valence-corrected chi connectivity index (χ1v) is 13.5. The number of nitrogens with one attached hydrogen (secondary N) is 1. The Kier molecular flexibility index (Phi) is 15.3. The van der Waals surface area contributed by atoms with E-state index in [9.17, 15) is 14.7 Å². The molecule has 4 heteroatoms. The number of hydrogen-bond acceptors (Lipinski definition) is 2. The molecule has 0 aromatic carbocycles. The third-order valence-corrected chi connectivity index (χ3v) is 6.75. The van der Waals surface area contributed by atoms with Gasteiger partial charge in [-0.2, -0.15) is 0 Å². The van der Waals surface area contributed by atoms with Gasteiger partial charge < -0.3 is 10.4 Å². The summed E-state index contributed by atoms with van der Waals surface area (Å²) in [6.07, 6.45) is 26.0. The third kappa shape index (κ3) is 11.4. The minimum absolute atomic E-state index is 0.176. The molecule has 0 aliphatic heterocycles. The highest BCUT2D eigenvalue weighted by molar-refractivity contribution is 5.91. The van der Waals surface area contributed by atoms with Crippen molar-refractivity contribution in [2.75, 3.05) is 6.54 Å². The van der Waals surface area contributed by atoms with E-state index in [2.05, 4.69) is 45.2 Å². The second-order valence-corrected chi connectivity index (χ2v) is 10.1. The molecular weight excluding hydrogens is 422 g/mol. The maximum absolute atomic E-state index is 13.3. The molecule has 0 saturated carbocycles. The molecular formula is C30H49NO3. The van der Waals surface area contributed by atoms with Crippen molar-refractivity contribution in [1.82, 2.24) is 5.32 Å². The molecule has 4 nitrogen and oxygen atoms in total. The summed E-state index contributed by atoms with van der Waals surface area (Å²) in [6, 6.07) is 0. The highest BCUT2D eigenvalue weighted by Gasteiger charge is 2.46. The van der Waals surface area contributed by atoms with Gasteiger partial charge in [-0.15, -0.1) is 0 Å². The summed E-state index contributed by atoms with van der Waals surface area (Å²) < 4.78 is 0. The number of carboxylic acids is 1. The average Bonchev–Trinajstić information content (AvgIpc) is 2.80. The lowest BCUT2D eigenvalue weighted by Gasteiger charge is -2.34. The molecule has 0 aromatic rings. The average molecular weight is 472 g/mol. The van der Waals surface area contributed by atoms with Gasteiger partial charge in [-0.3, -0.25) is 9.59 Å². The lowest BCUT2D eigenvalue weighted by Crippen LogP contribution is -2.47. The SMILES string of the molecule is CCCCCCCCCCCCNC(=O)C1(C/C=C(\C)CCC=C(C)C)C=CC=CC1C(=O)O. The van der Waals surface area contributed by atoms with Crippen molar-refractivity contribution in [1.29, 1.82) is 0 Å². The van der Waals surface area contributed by atoms with Gasteiger partial charge in [0.15, 0.2) is 0 Å². The molecule has 0 aromatic heterocycles. The van der Waals surface area contributed by atoms with Crippen LogP contribution in [0.5, 0.6) is 0 Å². The highest BCUT2D eigenvalue weighted by atomic mass is 16.4. The van der Waals surface area contributed by atoms with Gasteiger partial charge in [0.05, 0.1) is 11.3 Å². The fourth-order valence-corrected chi connectivity index (χ4v) is 4.50. The number of aliphatic carboxylic acids is 1. The Bertz CT molecular complexity index is 727. The Balaban J connectivity index is 2.58. The molecule has 2 atom stereocenters. The Hall–Kier alpha value is -2.10. The zero-order valence-electron chi connectivity index (χ0n) is 22.2. The first-order valence-electron chi connectivity index (χ1n) is 13.5. The number of carbonyl (C=O) groups is 2. The van der Waals surface area contributed by atoms with Crippen molar-refractivity contribution in [3.05, 3.63) is 47.6 Å². The van der Waals surface area contributed by atoms with Crippen LogP contribution in [0.15, 0.2) is 47.6 Å².